The molecule has 0 aromatic carbocycles. The number of rotatable bonds is 17. The second kappa shape index (κ2) is 17.6. The van der Waals surface area contributed by atoms with Crippen LogP contribution >= 0.6 is 14.5 Å². The summed E-state index contributed by atoms with van der Waals surface area (Å²) in [7, 11) is -3.01. The van der Waals surface area contributed by atoms with Crippen LogP contribution in [0.5, 0.6) is 0 Å². The average Bonchev–Trinajstić information content (AvgIpc) is 2.77. The first-order valence-corrected chi connectivity index (χ1v) is 15.6. The van der Waals surface area contributed by atoms with Crippen LogP contribution in [0.1, 0.15) is 51.4 Å². The third-order valence-corrected chi connectivity index (χ3v) is 15.3. The summed E-state index contributed by atoms with van der Waals surface area (Å²) in [6, 6.07) is 13.4. The number of hydrogen-bond acceptors (Lipinski definition) is 6. The van der Waals surface area contributed by atoms with E-state index in [1.54, 1.807) is 0 Å². The molecule has 0 unspecified atom stereocenters. The first-order valence-electron chi connectivity index (χ1n) is 10.5. The molecular formula is C22H32N6P2+2. The maximum atomic E-state index is 9.07. The lowest BCUT2D eigenvalue weighted by atomic mass is 10.4. The second-order valence-electron chi connectivity index (χ2n) is 7.63. The Morgan fingerprint density at radius 1 is 0.333 bits per heavy atom. The van der Waals surface area contributed by atoms with Gasteiger partial charge in [-0.15, -0.1) is 0 Å². The summed E-state index contributed by atoms with van der Waals surface area (Å²) in [4.78, 5) is 0. The van der Waals surface area contributed by atoms with Gasteiger partial charge >= 0.3 is 0 Å². The van der Waals surface area contributed by atoms with E-state index in [0.29, 0.717) is 38.5 Å². The molecule has 8 heteroatoms. The van der Waals surface area contributed by atoms with Crippen molar-refractivity contribution in [3.63, 3.8) is 0 Å². The van der Waals surface area contributed by atoms with E-state index in [0.717, 1.165) is 62.1 Å². The Morgan fingerprint density at radius 2 is 0.533 bits per heavy atom. The van der Waals surface area contributed by atoms with E-state index in [4.69, 9.17) is 31.6 Å². The second-order valence-corrected chi connectivity index (χ2v) is 16.6. The van der Waals surface area contributed by atoms with Gasteiger partial charge in [-0.25, -0.2) is 0 Å². The summed E-state index contributed by atoms with van der Waals surface area (Å²) in [5.74, 6) is 0. The normalized spacial score (nSPS) is 10.6. The number of hydrogen-bond donors (Lipinski definition) is 0. The Kier molecular flexibility index (Phi) is 16.3. The molecule has 0 aliphatic carbocycles. The van der Waals surface area contributed by atoms with Gasteiger partial charge in [0.2, 0.25) is 0 Å². The van der Waals surface area contributed by atoms with Gasteiger partial charge in [-0.1, -0.05) is 0 Å². The lowest BCUT2D eigenvalue weighted by molar-refractivity contribution is 0.871. The predicted octanol–water partition coefficient (Wildman–Crippen LogP) is 5.28. The van der Waals surface area contributed by atoms with Gasteiger partial charge in [0, 0.05) is 14.5 Å². The number of unbranched alkanes of at least 4 members (excludes halogenated alkanes) is 1. The minimum Gasteiger partial charge on any atom is -0.198 e. The molecule has 30 heavy (non-hydrogen) atoms. The Hall–Kier alpha value is -2.20. The van der Waals surface area contributed by atoms with Crippen molar-refractivity contribution in [3.05, 3.63) is 0 Å². The zero-order chi connectivity index (χ0) is 22.6. The highest BCUT2D eigenvalue weighted by molar-refractivity contribution is 7.76. The Morgan fingerprint density at radius 3 is 0.700 bits per heavy atom. The van der Waals surface area contributed by atoms with Crippen LogP contribution in [0.4, 0.5) is 0 Å². The molecule has 6 nitrogen and oxygen atoms in total. The lowest BCUT2D eigenvalue weighted by Crippen LogP contribution is -2.15. The molecule has 0 saturated heterocycles. The SMILES string of the molecule is N#CCC[P+](CCC#N)(CCC#N)CCCC[P+](CCC#N)(CCC#N)CCC#N. The van der Waals surface area contributed by atoms with Gasteiger partial charge in [-0.2, -0.15) is 31.6 Å². The molecule has 0 radical (unpaired) electrons. The van der Waals surface area contributed by atoms with Crippen molar-refractivity contribution in [3.8, 4) is 36.4 Å². The van der Waals surface area contributed by atoms with E-state index < -0.39 is 14.5 Å². The summed E-state index contributed by atoms with van der Waals surface area (Å²) in [6.07, 6.45) is 11.8. The van der Waals surface area contributed by atoms with Crippen molar-refractivity contribution in [1.29, 1.82) is 31.6 Å². The van der Waals surface area contributed by atoms with Crippen molar-refractivity contribution >= 4 is 14.5 Å². The molecule has 0 N–H and O–H groups in total. The fraction of sp³-hybridized carbons (Fsp3) is 0.727. The molecule has 0 bridgehead atoms. The summed E-state index contributed by atoms with van der Waals surface area (Å²) in [5, 5.41) is 54.4. The summed E-state index contributed by atoms with van der Waals surface area (Å²) in [6.45, 7) is 0. The molecule has 0 aromatic heterocycles. The van der Waals surface area contributed by atoms with Gasteiger partial charge in [0.15, 0.2) is 0 Å². The maximum absolute atomic E-state index is 9.07. The number of nitriles is 6. The fourth-order valence-electron chi connectivity index (χ4n) is 3.96. The van der Waals surface area contributed by atoms with Gasteiger partial charge in [0.1, 0.15) is 0 Å². The topological polar surface area (TPSA) is 143 Å². The molecule has 0 spiro atoms. The van der Waals surface area contributed by atoms with E-state index >= 15 is 0 Å². The highest BCUT2D eigenvalue weighted by atomic mass is 31.2. The van der Waals surface area contributed by atoms with Crippen LogP contribution in [-0.4, -0.2) is 49.3 Å². The molecule has 0 saturated carbocycles. The molecule has 0 amide bonds. The average molecular weight is 442 g/mol. The number of nitrogens with zero attached hydrogens (tertiary/aromatic N) is 6. The molecule has 0 rings (SSSR count). The first kappa shape index (κ1) is 27.8. The standard InChI is InChI=1S/C22H32N6P2/c23-9-3-17-29(18-4-10-24,19-5-11-25)15-1-2-16-30(20-6-12-26,21-7-13-27)22-8-14-28/h1-8,15-22H2/q+2. The van der Waals surface area contributed by atoms with Gasteiger partial charge in [0.05, 0.1) is 124 Å². The van der Waals surface area contributed by atoms with Gasteiger partial charge in [-0.05, 0) is 12.8 Å². The van der Waals surface area contributed by atoms with Gasteiger partial charge in [-0.3, -0.25) is 0 Å². The van der Waals surface area contributed by atoms with Crippen molar-refractivity contribution in [2.45, 2.75) is 51.4 Å². The third kappa shape index (κ3) is 11.7. The van der Waals surface area contributed by atoms with E-state index in [1.165, 1.54) is 0 Å². The molecule has 0 heterocycles. The van der Waals surface area contributed by atoms with Gasteiger partial charge in [0.25, 0.3) is 0 Å². The molecule has 0 aromatic rings. The quantitative estimate of drug-likeness (QED) is 0.221. The van der Waals surface area contributed by atoms with Gasteiger partial charge < -0.3 is 0 Å². The molecular weight excluding hydrogens is 410 g/mol. The summed E-state index contributed by atoms with van der Waals surface area (Å²) < 4.78 is 0. The Bertz CT molecular complexity index is 583. The minimum atomic E-state index is -1.50. The molecule has 158 valence electrons. The monoisotopic (exact) mass is 442 g/mol. The summed E-state index contributed by atoms with van der Waals surface area (Å²) >= 11 is 0. The van der Waals surface area contributed by atoms with Crippen molar-refractivity contribution in [2.24, 2.45) is 0 Å². The zero-order valence-corrected chi connectivity index (χ0v) is 19.7. The predicted molar refractivity (Wildman–Crippen MR) is 123 cm³/mol. The Balaban J connectivity index is 5.18. The van der Waals surface area contributed by atoms with E-state index in [2.05, 4.69) is 36.4 Å². The van der Waals surface area contributed by atoms with E-state index in [-0.39, 0.29) is 0 Å². The Labute approximate surface area is 183 Å². The lowest BCUT2D eigenvalue weighted by Gasteiger charge is -2.28. The molecule has 0 atom stereocenters. The first-order chi connectivity index (χ1) is 14.6. The third-order valence-electron chi connectivity index (χ3n) is 5.70. The van der Waals surface area contributed by atoms with Crippen molar-refractivity contribution in [2.75, 3.05) is 49.3 Å². The minimum absolute atomic E-state index is 0.480. The van der Waals surface area contributed by atoms with Crippen molar-refractivity contribution in [1.82, 2.24) is 0 Å². The van der Waals surface area contributed by atoms with Crippen LogP contribution in [0.15, 0.2) is 0 Å². The van der Waals surface area contributed by atoms with Crippen LogP contribution in [-0.2, 0) is 0 Å². The van der Waals surface area contributed by atoms with E-state index in [1.807, 2.05) is 0 Å². The van der Waals surface area contributed by atoms with Crippen molar-refractivity contribution < 1.29 is 0 Å². The van der Waals surface area contributed by atoms with E-state index in [9.17, 15) is 0 Å². The van der Waals surface area contributed by atoms with Crippen LogP contribution in [0.25, 0.3) is 0 Å². The molecule has 0 aliphatic rings. The van der Waals surface area contributed by atoms with Crippen LogP contribution in [0.3, 0.4) is 0 Å². The van der Waals surface area contributed by atoms with Crippen LogP contribution in [0.2, 0.25) is 0 Å². The highest BCUT2D eigenvalue weighted by Crippen LogP contribution is 2.63. The molecule has 0 aliphatic heterocycles. The van der Waals surface area contributed by atoms with Crippen LogP contribution < -0.4 is 0 Å². The van der Waals surface area contributed by atoms with Crippen LogP contribution in [0, 0.1) is 68.0 Å². The largest absolute Gasteiger partial charge is 0.198 e. The molecule has 0 fully saturated rings. The fourth-order valence-corrected chi connectivity index (χ4v) is 11.9. The summed E-state index contributed by atoms with van der Waals surface area (Å²) in [5.41, 5.74) is 0. The zero-order valence-electron chi connectivity index (χ0n) is 17.9. The smallest absolute Gasteiger partial charge is 0.0725 e. The highest BCUT2D eigenvalue weighted by Gasteiger charge is 2.38. The maximum Gasteiger partial charge on any atom is 0.0725 e.